The summed E-state index contributed by atoms with van der Waals surface area (Å²) in [5.74, 6) is -0.365. The van der Waals surface area contributed by atoms with E-state index in [4.69, 9.17) is 19.7 Å². The molecule has 1 aliphatic heterocycles. The molecule has 0 unspecified atom stereocenters. The SMILES string of the molecule is CO[C@@H]1CC[C@H](OC(C)=O)[C@@H](CN=[N+]=[N-])O1. The number of esters is 1. The van der Waals surface area contributed by atoms with Crippen molar-refractivity contribution in [2.24, 2.45) is 5.11 Å². The molecule has 0 radical (unpaired) electrons. The molecule has 3 atom stereocenters. The van der Waals surface area contributed by atoms with Crippen molar-refractivity contribution in [2.45, 2.75) is 38.3 Å². The van der Waals surface area contributed by atoms with Crippen molar-refractivity contribution in [2.75, 3.05) is 13.7 Å². The molecule has 0 amide bonds. The third kappa shape index (κ3) is 3.69. The van der Waals surface area contributed by atoms with E-state index in [1.165, 1.54) is 6.92 Å². The third-order valence-corrected chi connectivity index (χ3v) is 2.33. The van der Waals surface area contributed by atoms with E-state index >= 15 is 0 Å². The minimum Gasteiger partial charge on any atom is -0.460 e. The van der Waals surface area contributed by atoms with Crippen molar-refractivity contribution in [1.82, 2.24) is 0 Å². The first kappa shape index (κ1) is 12.8. The van der Waals surface area contributed by atoms with E-state index in [2.05, 4.69) is 10.0 Å². The number of ether oxygens (including phenoxy) is 3. The fourth-order valence-corrected chi connectivity index (χ4v) is 1.64. The molecule has 0 bridgehead atoms. The smallest absolute Gasteiger partial charge is 0.302 e. The average molecular weight is 229 g/mol. The lowest BCUT2D eigenvalue weighted by Crippen LogP contribution is -2.43. The number of azide groups is 1. The van der Waals surface area contributed by atoms with Crippen molar-refractivity contribution in [3.05, 3.63) is 10.4 Å². The van der Waals surface area contributed by atoms with Crippen molar-refractivity contribution in [1.29, 1.82) is 0 Å². The Morgan fingerprint density at radius 2 is 2.38 bits per heavy atom. The molecule has 7 heteroatoms. The molecule has 1 fully saturated rings. The monoisotopic (exact) mass is 229 g/mol. The first-order chi connectivity index (χ1) is 7.67. The molecular weight excluding hydrogens is 214 g/mol. The van der Waals surface area contributed by atoms with Gasteiger partial charge in [-0.2, -0.15) is 0 Å². The minimum atomic E-state index is -0.432. The molecule has 0 N–H and O–H groups in total. The van der Waals surface area contributed by atoms with Crippen LogP contribution in [0.3, 0.4) is 0 Å². The molecule has 0 saturated carbocycles. The van der Waals surface area contributed by atoms with Gasteiger partial charge in [0.05, 0.1) is 6.54 Å². The number of nitrogens with zero attached hydrogens (tertiary/aromatic N) is 3. The fraction of sp³-hybridized carbons (Fsp3) is 0.889. The first-order valence-corrected chi connectivity index (χ1v) is 5.03. The molecule has 1 saturated heterocycles. The highest BCUT2D eigenvalue weighted by Crippen LogP contribution is 2.23. The van der Waals surface area contributed by atoms with Gasteiger partial charge in [0.25, 0.3) is 0 Å². The second kappa shape index (κ2) is 6.32. The van der Waals surface area contributed by atoms with E-state index in [0.717, 1.165) is 0 Å². The summed E-state index contributed by atoms with van der Waals surface area (Å²) >= 11 is 0. The molecule has 0 spiro atoms. The minimum absolute atomic E-state index is 0.133. The summed E-state index contributed by atoms with van der Waals surface area (Å²) in [6.07, 6.45) is 0.170. The standard InChI is InChI=1S/C9H15N3O4/c1-6(13)15-7-3-4-9(14-2)16-8(7)5-11-12-10/h7-9H,3-5H2,1-2H3/t7-,8+,9-/m0/s1. The van der Waals surface area contributed by atoms with E-state index in [1.54, 1.807) is 7.11 Å². The molecule has 16 heavy (non-hydrogen) atoms. The average Bonchev–Trinajstić information content (AvgIpc) is 2.27. The second-order valence-electron chi connectivity index (χ2n) is 3.48. The number of hydrogen-bond donors (Lipinski definition) is 0. The van der Waals surface area contributed by atoms with E-state index in [-0.39, 0.29) is 24.9 Å². The van der Waals surface area contributed by atoms with Gasteiger partial charge in [-0.15, -0.1) is 0 Å². The predicted molar refractivity (Wildman–Crippen MR) is 54.5 cm³/mol. The lowest BCUT2D eigenvalue weighted by molar-refractivity contribution is -0.217. The molecule has 1 rings (SSSR count). The van der Waals surface area contributed by atoms with Crippen LogP contribution in [-0.4, -0.2) is 38.1 Å². The van der Waals surface area contributed by atoms with Crippen LogP contribution >= 0.6 is 0 Å². The van der Waals surface area contributed by atoms with Crippen LogP contribution in [0.15, 0.2) is 5.11 Å². The lowest BCUT2D eigenvalue weighted by Gasteiger charge is -2.34. The first-order valence-electron chi connectivity index (χ1n) is 5.03. The Balaban J connectivity index is 2.59. The zero-order valence-electron chi connectivity index (χ0n) is 9.33. The van der Waals surface area contributed by atoms with Gasteiger partial charge in [-0.3, -0.25) is 4.79 Å². The summed E-state index contributed by atoms with van der Waals surface area (Å²) in [5, 5.41) is 3.43. The van der Waals surface area contributed by atoms with Crippen LogP contribution in [0, 0.1) is 0 Å². The Hall–Kier alpha value is -1.30. The zero-order valence-corrected chi connectivity index (χ0v) is 9.33. The van der Waals surface area contributed by atoms with E-state index < -0.39 is 6.10 Å². The fourth-order valence-electron chi connectivity index (χ4n) is 1.64. The molecule has 0 aromatic rings. The van der Waals surface area contributed by atoms with Crippen LogP contribution in [0.25, 0.3) is 10.4 Å². The van der Waals surface area contributed by atoms with Crippen molar-refractivity contribution < 1.29 is 19.0 Å². The van der Waals surface area contributed by atoms with Crippen LogP contribution < -0.4 is 0 Å². The van der Waals surface area contributed by atoms with Gasteiger partial charge in [-0.05, 0) is 12.0 Å². The molecule has 0 aromatic carbocycles. The highest BCUT2D eigenvalue weighted by atomic mass is 16.7. The van der Waals surface area contributed by atoms with Gasteiger partial charge in [-0.1, -0.05) is 5.11 Å². The van der Waals surface area contributed by atoms with Gasteiger partial charge in [-0.25, -0.2) is 0 Å². The maximum Gasteiger partial charge on any atom is 0.302 e. The van der Waals surface area contributed by atoms with Crippen molar-refractivity contribution in [3.63, 3.8) is 0 Å². The second-order valence-corrected chi connectivity index (χ2v) is 3.48. The maximum atomic E-state index is 10.9. The Bertz CT molecular complexity index is 290. The molecule has 0 aliphatic carbocycles. The third-order valence-electron chi connectivity index (χ3n) is 2.33. The Labute approximate surface area is 93.3 Å². The van der Waals surface area contributed by atoms with Crippen LogP contribution in [0.2, 0.25) is 0 Å². The van der Waals surface area contributed by atoms with Crippen molar-refractivity contribution >= 4 is 5.97 Å². The number of rotatable bonds is 4. The molecule has 0 aromatic heterocycles. The highest BCUT2D eigenvalue weighted by Gasteiger charge is 2.32. The Morgan fingerprint density at radius 1 is 1.62 bits per heavy atom. The lowest BCUT2D eigenvalue weighted by atomic mass is 10.0. The van der Waals surface area contributed by atoms with Crippen LogP contribution in [0.1, 0.15) is 19.8 Å². The number of hydrogen-bond acceptors (Lipinski definition) is 5. The Kier molecular flexibility index (Phi) is 5.04. The van der Waals surface area contributed by atoms with E-state index in [9.17, 15) is 4.79 Å². The summed E-state index contributed by atoms with van der Waals surface area (Å²) in [4.78, 5) is 13.5. The molecule has 7 nitrogen and oxygen atoms in total. The van der Waals surface area contributed by atoms with Gasteiger partial charge in [0, 0.05) is 25.4 Å². The quantitative estimate of drug-likeness (QED) is 0.315. The normalized spacial score (nSPS) is 29.2. The van der Waals surface area contributed by atoms with Crippen LogP contribution in [0.5, 0.6) is 0 Å². The number of carbonyl (C=O) groups excluding carboxylic acids is 1. The summed E-state index contributed by atoms with van der Waals surface area (Å²) in [6.45, 7) is 1.47. The van der Waals surface area contributed by atoms with Gasteiger partial charge in [0.1, 0.15) is 12.2 Å². The number of methoxy groups -OCH3 is 1. The molecule has 1 heterocycles. The Morgan fingerprint density at radius 3 is 2.94 bits per heavy atom. The van der Waals surface area contributed by atoms with E-state index in [1.807, 2.05) is 0 Å². The summed E-state index contributed by atoms with van der Waals surface area (Å²) in [5.41, 5.74) is 8.25. The van der Waals surface area contributed by atoms with Crippen LogP contribution in [0.4, 0.5) is 0 Å². The van der Waals surface area contributed by atoms with Crippen molar-refractivity contribution in [3.8, 4) is 0 Å². The van der Waals surface area contributed by atoms with Gasteiger partial charge in [0.2, 0.25) is 0 Å². The van der Waals surface area contributed by atoms with E-state index in [0.29, 0.717) is 12.8 Å². The van der Waals surface area contributed by atoms with Crippen LogP contribution in [-0.2, 0) is 19.0 Å². The van der Waals surface area contributed by atoms with Gasteiger partial charge < -0.3 is 14.2 Å². The predicted octanol–water partition coefficient (Wildman–Crippen LogP) is 1.38. The topological polar surface area (TPSA) is 93.5 Å². The molecule has 1 aliphatic rings. The summed E-state index contributed by atoms with van der Waals surface area (Å²) < 4.78 is 15.6. The van der Waals surface area contributed by atoms with Gasteiger partial charge in [0.15, 0.2) is 6.29 Å². The summed E-state index contributed by atoms with van der Waals surface area (Å²) in [6, 6.07) is 0. The summed E-state index contributed by atoms with van der Waals surface area (Å²) in [7, 11) is 1.54. The highest BCUT2D eigenvalue weighted by molar-refractivity contribution is 5.66. The maximum absolute atomic E-state index is 10.9. The molecular formula is C9H15N3O4. The largest absolute Gasteiger partial charge is 0.460 e. The van der Waals surface area contributed by atoms with Gasteiger partial charge >= 0.3 is 5.97 Å². The number of carbonyl (C=O) groups is 1. The molecule has 90 valence electrons. The zero-order chi connectivity index (χ0) is 12.0.